The summed E-state index contributed by atoms with van der Waals surface area (Å²) in [6.07, 6.45) is 7.99. The van der Waals surface area contributed by atoms with Gasteiger partial charge in [-0.15, -0.1) is 11.3 Å². The molecule has 2 aliphatic heterocycles. The summed E-state index contributed by atoms with van der Waals surface area (Å²) in [4.78, 5) is 19.7. The molecule has 4 heterocycles. The smallest absolute Gasteiger partial charge is 0.227 e. The summed E-state index contributed by atoms with van der Waals surface area (Å²) in [5.41, 5.74) is 1.16. The van der Waals surface area contributed by atoms with Gasteiger partial charge in [-0.3, -0.25) is 9.48 Å². The molecule has 4 rings (SSSR count). The minimum absolute atomic E-state index is 0.0178. The number of rotatable bonds is 3. The molecule has 2 aliphatic rings. The van der Waals surface area contributed by atoms with Crippen LogP contribution in [0.25, 0.3) is 0 Å². The molecule has 0 radical (unpaired) electrons. The molecule has 2 aromatic rings. The molecular formula is C17H23N5OS. The van der Waals surface area contributed by atoms with Crippen LogP contribution in [0.3, 0.4) is 0 Å². The Bertz CT molecular complexity index is 698. The monoisotopic (exact) mass is 345 g/mol. The van der Waals surface area contributed by atoms with E-state index in [1.54, 1.807) is 11.3 Å². The molecule has 1 amide bonds. The topological polar surface area (TPSA) is 63.1 Å². The van der Waals surface area contributed by atoms with Crippen molar-refractivity contribution >= 4 is 17.2 Å². The molecule has 0 aromatic carbocycles. The van der Waals surface area contributed by atoms with Crippen LogP contribution in [-0.2, 0) is 11.8 Å². The summed E-state index contributed by atoms with van der Waals surface area (Å²) in [5, 5.41) is 10.9. The third-order valence-corrected chi connectivity index (χ3v) is 6.16. The van der Waals surface area contributed by atoms with Crippen molar-refractivity contribution in [2.45, 2.75) is 24.7 Å². The fourth-order valence-corrected chi connectivity index (χ4v) is 4.74. The number of nitrogens with one attached hydrogen (secondary N) is 1. The molecule has 24 heavy (non-hydrogen) atoms. The molecule has 1 N–H and O–H groups in total. The first-order valence-electron chi connectivity index (χ1n) is 8.60. The summed E-state index contributed by atoms with van der Waals surface area (Å²) < 4.78 is 1.81. The van der Waals surface area contributed by atoms with Crippen molar-refractivity contribution in [3.05, 3.63) is 34.5 Å². The van der Waals surface area contributed by atoms with Crippen molar-refractivity contribution in [1.29, 1.82) is 0 Å². The van der Waals surface area contributed by atoms with Gasteiger partial charge in [0, 0.05) is 62.8 Å². The van der Waals surface area contributed by atoms with Gasteiger partial charge in [0.05, 0.1) is 17.1 Å². The van der Waals surface area contributed by atoms with Crippen molar-refractivity contribution in [2.75, 3.05) is 26.2 Å². The molecule has 0 aliphatic carbocycles. The van der Waals surface area contributed by atoms with Crippen LogP contribution in [0.15, 0.2) is 24.0 Å². The van der Waals surface area contributed by atoms with Gasteiger partial charge in [0.25, 0.3) is 0 Å². The van der Waals surface area contributed by atoms with Crippen LogP contribution < -0.4 is 5.32 Å². The van der Waals surface area contributed by atoms with Crippen LogP contribution in [0.4, 0.5) is 0 Å². The second-order valence-corrected chi connectivity index (χ2v) is 7.74. The lowest BCUT2D eigenvalue weighted by Gasteiger charge is -2.34. The summed E-state index contributed by atoms with van der Waals surface area (Å²) >= 11 is 1.70. The third-order valence-electron chi connectivity index (χ3n) is 5.22. The van der Waals surface area contributed by atoms with E-state index in [2.05, 4.69) is 20.3 Å². The van der Waals surface area contributed by atoms with Gasteiger partial charge in [-0.2, -0.15) is 5.10 Å². The maximum absolute atomic E-state index is 13.1. The molecular weight excluding hydrogens is 322 g/mol. The quantitative estimate of drug-likeness (QED) is 0.917. The second kappa shape index (κ2) is 6.64. The lowest BCUT2D eigenvalue weighted by atomic mass is 9.88. The number of carbonyl (C=O) groups excluding carboxylic acids is 1. The largest absolute Gasteiger partial charge is 0.342 e. The van der Waals surface area contributed by atoms with E-state index >= 15 is 0 Å². The lowest BCUT2D eigenvalue weighted by Crippen LogP contribution is -2.44. The molecule has 3 atom stereocenters. The second-order valence-electron chi connectivity index (χ2n) is 6.81. The van der Waals surface area contributed by atoms with Gasteiger partial charge in [-0.1, -0.05) is 0 Å². The fourth-order valence-electron chi connectivity index (χ4n) is 3.97. The van der Waals surface area contributed by atoms with Crippen molar-refractivity contribution < 1.29 is 4.79 Å². The Morgan fingerprint density at radius 1 is 1.42 bits per heavy atom. The minimum atomic E-state index is 0.0178. The molecule has 6 nitrogen and oxygen atoms in total. The van der Waals surface area contributed by atoms with Crippen LogP contribution in [0.5, 0.6) is 0 Å². The number of thiazole rings is 1. The number of aromatic nitrogens is 3. The molecule has 7 heteroatoms. The van der Waals surface area contributed by atoms with E-state index in [1.807, 2.05) is 35.7 Å². The molecule has 2 fully saturated rings. The molecule has 2 aromatic heterocycles. The number of carbonyl (C=O) groups is 1. The first kappa shape index (κ1) is 15.8. The average molecular weight is 345 g/mol. The summed E-state index contributed by atoms with van der Waals surface area (Å²) in [5.74, 6) is 0.930. The van der Waals surface area contributed by atoms with E-state index in [1.165, 1.54) is 5.01 Å². The predicted molar refractivity (Wildman–Crippen MR) is 93.0 cm³/mol. The first-order chi connectivity index (χ1) is 11.7. The Labute approximate surface area is 145 Å². The molecule has 128 valence electrons. The van der Waals surface area contributed by atoms with Crippen LogP contribution in [-0.4, -0.2) is 51.8 Å². The Morgan fingerprint density at radius 3 is 3.08 bits per heavy atom. The van der Waals surface area contributed by atoms with Crippen LogP contribution in [0.2, 0.25) is 0 Å². The van der Waals surface area contributed by atoms with E-state index < -0.39 is 0 Å². The summed E-state index contributed by atoms with van der Waals surface area (Å²) in [6.45, 7) is 3.29. The summed E-state index contributed by atoms with van der Waals surface area (Å²) in [6, 6.07) is 0. The lowest BCUT2D eigenvalue weighted by molar-refractivity contribution is -0.136. The van der Waals surface area contributed by atoms with Crippen molar-refractivity contribution in [3.63, 3.8) is 0 Å². The van der Waals surface area contributed by atoms with Crippen LogP contribution in [0, 0.1) is 5.92 Å². The Hall–Kier alpha value is -1.73. The molecule has 0 spiro atoms. The first-order valence-corrected chi connectivity index (χ1v) is 9.48. The number of aryl methyl sites for hydroxylation is 1. The number of hydrogen-bond acceptors (Lipinski definition) is 5. The zero-order valence-corrected chi connectivity index (χ0v) is 14.7. The zero-order valence-electron chi connectivity index (χ0n) is 13.9. The van der Waals surface area contributed by atoms with Crippen LogP contribution >= 0.6 is 11.3 Å². The van der Waals surface area contributed by atoms with Crippen molar-refractivity contribution in [2.24, 2.45) is 13.0 Å². The fraction of sp³-hybridized carbons (Fsp3) is 0.588. The standard InChI is InChI=1S/C17H23N5OS/c1-21-10-13(7-20-21)14-8-18-9-15(14)17(23)22-5-2-3-12(11-22)16-19-4-6-24-16/h4,6-7,10,12,14-15,18H,2-3,5,8-9,11H2,1H3/t12?,14-,15+/m1/s1. The van der Waals surface area contributed by atoms with Gasteiger partial charge in [-0.25, -0.2) is 4.98 Å². The SMILES string of the molecule is Cn1cc([C@H]2CNC[C@@H]2C(=O)N2CCCC(c3nccs3)C2)cn1. The number of likely N-dealkylation sites (tertiary alicyclic amines) is 1. The molecule has 2 saturated heterocycles. The van der Waals surface area contributed by atoms with Gasteiger partial charge >= 0.3 is 0 Å². The highest BCUT2D eigenvalue weighted by Gasteiger charge is 2.38. The predicted octanol–water partition coefficient (Wildman–Crippen LogP) is 1.59. The van der Waals surface area contributed by atoms with Crippen molar-refractivity contribution in [3.8, 4) is 0 Å². The van der Waals surface area contributed by atoms with Gasteiger partial charge in [0.2, 0.25) is 5.91 Å². The molecule has 0 saturated carbocycles. The third kappa shape index (κ3) is 2.98. The van der Waals surface area contributed by atoms with Gasteiger partial charge in [0.15, 0.2) is 0 Å². The highest BCUT2D eigenvalue weighted by molar-refractivity contribution is 7.09. The van der Waals surface area contributed by atoms with Gasteiger partial charge in [0.1, 0.15) is 0 Å². The Morgan fingerprint density at radius 2 is 2.33 bits per heavy atom. The summed E-state index contributed by atoms with van der Waals surface area (Å²) in [7, 11) is 1.92. The Kier molecular flexibility index (Phi) is 4.37. The normalized spacial score (nSPS) is 27.5. The molecule has 1 unspecified atom stereocenters. The minimum Gasteiger partial charge on any atom is -0.342 e. The average Bonchev–Trinajstić information content (AvgIpc) is 3.35. The molecule has 0 bridgehead atoms. The highest BCUT2D eigenvalue weighted by atomic mass is 32.1. The maximum Gasteiger partial charge on any atom is 0.227 e. The van der Waals surface area contributed by atoms with E-state index in [4.69, 9.17) is 0 Å². The van der Waals surface area contributed by atoms with E-state index in [-0.39, 0.29) is 17.7 Å². The van der Waals surface area contributed by atoms with E-state index in [0.29, 0.717) is 5.92 Å². The zero-order chi connectivity index (χ0) is 16.5. The number of hydrogen-bond donors (Lipinski definition) is 1. The van der Waals surface area contributed by atoms with Gasteiger partial charge in [-0.05, 0) is 18.4 Å². The van der Waals surface area contributed by atoms with E-state index in [9.17, 15) is 4.79 Å². The number of piperidine rings is 1. The Balaban J connectivity index is 1.48. The van der Waals surface area contributed by atoms with Gasteiger partial charge < -0.3 is 10.2 Å². The van der Waals surface area contributed by atoms with Crippen LogP contribution in [0.1, 0.15) is 35.2 Å². The van der Waals surface area contributed by atoms with Crippen molar-refractivity contribution in [1.82, 2.24) is 25.0 Å². The number of amides is 1. The highest BCUT2D eigenvalue weighted by Crippen LogP contribution is 2.33. The number of nitrogens with zero attached hydrogens (tertiary/aromatic N) is 4. The maximum atomic E-state index is 13.1. The van der Waals surface area contributed by atoms with E-state index in [0.717, 1.165) is 44.6 Å².